The summed E-state index contributed by atoms with van der Waals surface area (Å²) in [5.74, 6) is 0.217. The first-order valence-corrected chi connectivity index (χ1v) is 17.9. The molecule has 0 radical (unpaired) electrons. The highest BCUT2D eigenvalue weighted by Gasteiger charge is 2.52. The zero-order chi connectivity index (χ0) is 32.8. The third-order valence-corrected chi connectivity index (χ3v) is 12.1. The first-order valence-electron chi connectivity index (χ1n) is 16.7. The fourth-order valence-electron chi connectivity index (χ4n) is 8.14. The topological polar surface area (TPSA) is 110 Å². The van der Waals surface area contributed by atoms with Gasteiger partial charge in [-0.3, -0.25) is 15.0 Å². The van der Waals surface area contributed by atoms with E-state index in [0.29, 0.717) is 83.0 Å². The molecule has 48 heavy (non-hydrogen) atoms. The fourth-order valence-corrected chi connectivity index (χ4v) is 9.29. The molecule has 1 saturated carbocycles. The van der Waals surface area contributed by atoms with Crippen molar-refractivity contribution in [2.75, 3.05) is 56.5 Å². The van der Waals surface area contributed by atoms with Gasteiger partial charge in [0.05, 0.1) is 21.3 Å². The zero-order valence-electron chi connectivity index (χ0n) is 26.1. The number of halogens is 4. The molecule has 5 fully saturated rings. The van der Waals surface area contributed by atoms with Crippen LogP contribution in [0.5, 0.6) is 6.01 Å². The maximum absolute atomic E-state index is 16.8. The van der Waals surface area contributed by atoms with Gasteiger partial charge in [-0.2, -0.15) is 9.97 Å². The van der Waals surface area contributed by atoms with Crippen molar-refractivity contribution in [2.24, 2.45) is 11.8 Å². The van der Waals surface area contributed by atoms with E-state index in [1.807, 2.05) is 9.80 Å². The monoisotopic (exact) mass is 697 g/mol. The maximum atomic E-state index is 16.8. The van der Waals surface area contributed by atoms with Crippen LogP contribution in [0.15, 0.2) is 24.3 Å². The number of benzene rings is 2. The Kier molecular flexibility index (Phi) is 7.41. The second-order valence-electron chi connectivity index (χ2n) is 13.8. The summed E-state index contributed by atoms with van der Waals surface area (Å²) in [6.45, 7) is 3.53. The number of carbonyl (C=O) groups excluding carboxylic acids is 1. The van der Waals surface area contributed by atoms with Crippen molar-refractivity contribution in [1.82, 2.24) is 25.1 Å². The number of nitrogens with two attached hydrogens (primary N) is 1. The lowest BCUT2D eigenvalue weighted by molar-refractivity contribution is -0.131. The number of anilines is 2. The zero-order valence-corrected chi connectivity index (χ0v) is 27.7. The molecule has 1 amide bonds. The van der Waals surface area contributed by atoms with Crippen molar-refractivity contribution in [3.8, 4) is 17.1 Å². The molecule has 5 aliphatic rings. The Morgan fingerprint density at radius 3 is 2.69 bits per heavy atom. The summed E-state index contributed by atoms with van der Waals surface area (Å²) in [5, 5.41) is 4.76. The lowest BCUT2D eigenvalue weighted by atomic mass is 9.99. The van der Waals surface area contributed by atoms with Gasteiger partial charge in [0.15, 0.2) is 5.82 Å². The Labute approximate surface area is 284 Å². The molecular weight excluding hydrogens is 663 g/mol. The molecule has 9 nitrogen and oxygen atoms in total. The lowest BCUT2D eigenvalue weighted by Crippen LogP contribution is -2.50. The number of fused-ring (bicyclic) bond motifs is 3. The molecule has 4 saturated heterocycles. The Balaban J connectivity index is 1.06. The smallest absolute Gasteiger partial charge is 0.319 e. The number of aromatic nitrogens is 2. The average Bonchev–Trinajstić information content (AvgIpc) is 3.96. The number of nitrogens with zero attached hydrogens (tertiary/aromatic N) is 5. The van der Waals surface area contributed by atoms with Gasteiger partial charge in [-0.05, 0) is 61.9 Å². The molecule has 6 heterocycles. The molecular formula is C34H35ClF3N7O2S. The summed E-state index contributed by atoms with van der Waals surface area (Å²) in [6, 6.07) is 6.41. The van der Waals surface area contributed by atoms with Crippen molar-refractivity contribution in [3.63, 3.8) is 0 Å². The van der Waals surface area contributed by atoms with Crippen LogP contribution in [0.4, 0.5) is 24.0 Å². The van der Waals surface area contributed by atoms with Crippen LogP contribution in [-0.4, -0.2) is 95.8 Å². The van der Waals surface area contributed by atoms with Gasteiger partial charge >= 0.3 is 6.01 Å². The number of hydrogen-bond acceptors (Lipinski definition) is 9. The third kappa shape index (κ3) is 5.24. The van der Waals surface area contributed by atoms with Crippen molar-refractivity contribution in [3.05, 3.63) is 40.9 Å². The lowest BCUT2D eigenvalue weighted by Gasteiger charge is -2.36. The molecule has 252 valence electrons. The minimum Gasteiger partial charge on any atom is -0.463 e. The van der Waals surface area contributed by atoms with Gasteiger partial charge in [0.1, 0.15) is 29.4 Å². The van der Waals surface area contributed by atoms with Crippen molar-refractivity contribution in [1.29, 1.82) is 0 Å². The molecule has 9 rings (SSSR count). The van der Waals surface area contributed by atoms with Crippen LogP contribution < -0.4 is 20.7 Å². The molecule has 4 aromatic rings. The van der Waals surface area contributed by atoms with E-state index in [2.05, 4.69) is 15.2 Å². The van der Waals surface area contributed by atoms with Crippen LogP contribution in [0.3, 0.4) is 0 Å². The number of alkyl halides is 1. The summed E-state index contributed by atoms with van der Waals surface area (Å²) >= 11 is 7.93. The SMILES string of the molecule is Nc1cc2c(-c3c(Cl)cc4c(N5CCN(C(=O)[C@@H]6N[C@H]6C6CC6)CC5)nc(OCC5CCN6C[C@H](F)CC56)nc4c3F)ccc(F)c2s1. The van der Waals surface area contributed by atoms with E-state index in [-0.39, 0.29) is 52.6 Å². The van der Waals surface area contributed by atoms with E-state index < -0.39 is 17.8 Å². The number of piperazine rings is 1. The van der Waals surface area contributed by atoms with Crippen LogP contribution in [0, 0.1) is 23.5 Å². The molecule has 0 bridgehead atoms. The van der Waals surface area contributed by atoms with E-state index >= 15 is 4.39 Å². The number of nitrogens with one attached hydrogen (secondary N) is 1. The molecule has 2 aromatic carbocycles. The number of ether oxygens (including phenoxy) is 1. The van der Waals surface area contributed by atoms with Crippen molar-refractivity contribution < 1.29 is 22.7 Å². The van der Waals surface area contributed by atoms with Gasteiger partial charge in [-0.25, -0.2) is 13.2 Å². The van der Waals surface area contributed by atoms with Gasteiger partial charge in [0, 0.05) is 67.1 Å². The Hall–Kier alpha value is -3.39. The standard InChI is InChI=1S/C34H35ClF3N7O2S/c35-22-12-21-29(27(38)26(22)19-3-4-23(37)31-20(19)13-25(39)48-31)41-34(47-15-17-5-6-45-14-18(36)11-24(17)45)42-32(21)43-7-9-44(10-8-43)33(46)30-28(40-30)16-1-2-16/h3-4,12-13,16-18,24,28,30,40H,1-2,5-11,14-15,39H2/t17?,18-,24?,28+,30-/m1/s1. The molecule has 3 N–H and O–H groups in total. The summed E-state index contributed by atoms with van der Waals surface area (Å²) < 4.78 is 52.2. The van der Waals surface area contributed by atoms with Gasteiger partial charge in [0.2, 0.25) is 5.91 Å². The van der Waals surface area contributed by atoms with Crippen LogP contribution in [0.1, 0.15) is 25.7 Å². The Morgan fingerprint density at radius 2 is 1.90 bits per heavy atom. The number of nitrogen functional groups attached to an aromatic ring is 1. The Bertz CT molecular complexity index is 1950. The molecule has 0 spiro atoms. The predicted octanol–water partition coefficient (Wildman–Crippen LogP) is 5.24. The molecule has 1 aliphatic carbocycles. The van der Waals surface area contributed by atoms with E-state index in [4.69, 9.17) is 27.1 Å². The molecule has 14 heteroatoms. The van der Waals surface area contributed by atoms with Crippen molar-refractivity contribution in [2.45, 2.75) is 50.0 Å². The van der Waals surface area contributed by atoms with Gasteiger partial charge < -0.3 is 20.3 Å². The molecule has 2 unspecified atom stereocenters. The minimum absolute atomic E-state index is 0.0231. The fraction of sp³-hybridized carbons (Fsp3) is 0.500. The predicted molar refractivity (Wildman–Crippen MR) is 180 cm³/mol. The third-order valence-electron chi connectivity index (χ3n) is 10.8. The highest BCUT2D eigenvalue weighted by Crippen LogP contribution is 2.44. The number of rotatable bonds is 7. The quantitative estimate of drug-likeness (QED) is 0.253. The first-order chi connectivity index (χ1) is 23.2. The molecule has 5 atom stereocenters. The Morgan fingerprint density at radius 1 is 1.08 bits per heavy atom. The second-order valence-corrected chi connectivity index (χ2v) is 15.3. The van der Waals surface area contributed by atoms with Crippen molar-refractivity contribution >= 4 is 60.7 Å². The van der Waals surface area contributed by atoms with Crippen LogP contribution in [0.2, 0.25) is 5.02 Å². The summed E-state index contributed by atoms with van der Waals surface area (Å²) in [6.07, 6.45) is 2.89. The molecule has 2 aromatic heterocycles. The van der Waals surface area contributed by atoms with Gasteiger partial charge in [-0.15, -0.1) is 11.3 Å². The van der Waals surface area contributed by atoms with Crippen LogP contribution in [0.25, 0.3) is 32.1 Å². The van der Waals surface area contributed by atoms with Gasteiger partial charge in [-0.1, -0.05) is 17.7 Å². The van der Waals surface area contributed by atoms with E-state index in [0.717, 1.165) is 24.3 Å². The number of hydrogen-bond donors (Lipinski definition) is 2. The average molecular weight is 698 g/mol. The minimum atomic E-state index is -0.837. The first kappa shape index (κ1) is 30.7. The molecule has 4 aliphatic heterocycles. The maximum Gasteiger partial charge on any atom is 0.319 e. The highest BCUT2D eigenvalue weighted by atomic mass is 35.5. The summed E-state index contributed by atoms with van der Waals surface area (Å²) in [7, 11) is 0. The van der Waals surface area contributed by atoms with Crippen LogP contribution in [-0.2, 0) is 4.79 Å². The van der Waals surface area contributed by atoms with E-state index in [9.17, 15) is 13.6 Å². The van der Waals surface area contributed by atoms with Crippen LogP contribution >= 0.6 is 22.9 Å². The number of amides is 1. The summed E-state index contributed by atoms with van der Waals surface area (Å²) in [5.41, 5.74) is 6.55. The number of thiophene rings is 1. The van der Waals surface area contributed by atoms with Gasteiger partial charge in [0.25, 0.3) is 0 Å². The summed E-state index contributed by atoms with van der Waals surface area (Å²) in [4.78, 5) is 28.6. The largest absolute Gasteiger partial charge is 0.463 e. The normalized spacial score (nSPS) is 27.3. The van der Waals surface area contributed by atoms with E-state index in [1.165, 1.54) is 25.0 Å². The van der Waals surface area contributed by atoms with E-state index in [1.54, 1.807) is 12.1 Å². The second kappa shape index (κ2) is 11.6. The highest BCUT2D eigenvalue weighted by molar-refractivity contribution is 7.22. The number of carbonyl (C=O) groups is 1.